The molecule has 0 radical (unpaired) electrons. The summed E-state index contributed by atoms with van der Waals surface area (Å²) in [5, 5.41) is 0. The second kappa shape index (κ2) is 10.3. The van der Waals surface area contributed by atoms with E-state index in [1.165, 1.54) is 5.56 Å². The molecule has 0 bridgehead atoms. The summed E-state index contributed by atoms with van der Waals surface area (Å²) >= 11 is 0. The molecule has 1 amide bonds. The van der Waals surface area contributed by atoms with Gasteiger partial charge in [-0.25, -0.2) is 4.98 Å². The van der Waals surface area contributed by atoms with Gasteiger partial charge in [-0.1, -0.05) is 36.4 Å². The van der Waals surface area contributed by atoms with Gasteiger partial charge in [-0.2, -0.15) is 0 Å². The van der Waals surface area contributed by atoms with Gasteiger partial charge >= 0.3 is 0 Å². The van der Waals surface area contributed by atoms with Crippen LogP contribution in [0.25, 0.3) is 11.0 Å². The Bertz CT molecular complexity index is 1330. The van der Waals surface area contributed by atoms with Crippen molar-refractivity contribution in [2.45, 2.75) is 52.0 Å². The highest BCUT2D eigenvalue weighted by Crippen LogP contribution is 2.33. The molecule has 1 aromatic heterocycles. The van der Waals surface area contributed by atoms with Crippen LogP contribution in [0.5, 0.6) is 5.75 Å². The lowest BCUT2D eigenvalue weighted by molar-refractivity contribution is -0.117. The third-order valence-corrected chi connectivity index (χ3v) is 6.77. The normalized spacial score (nSPS) is 15.8. The van der Waals surface area contributed by atoms with Crippen LogP contribution in [0.2, 0.25) is 0 Å². The maximum atomic E-state index is 12.9. The van der Waals surface area contributed by atoms with Crippen molar-refractivity contribution in [3.8, 4) is 5.75 Å². The second-order valence-corrected chi connectivity index (χ2v) is 9.58. The van der Waals surface area contributed by atoms with Crippen LogP contribution in [0.4, 0.5) is 5.69 Å². The monoisotopic (exact) mass is 467 g/mol. The third kappa shape index (κ3) is 5.24. The van der Waals surface area contributed by atoms with E-state index in [9.17, 15) is 4.79 Å². The number of aryl methyl sites for hydroxylation is 3. The number of anilines is 1. The molecule has 35 heavy (non-hydrogen) atoms. The van der Waals surface area contributed by atoms with Crippen molar-refractivity contribution in [2.24, 2.45) is 0 Å². The van der Waals surface area contributed by atoms with E-state index in [4.69, 9.17) is 9.72 Å². The molecule has 0 spiro atoms. The highest BCUT2D eigenvalue weighted by atomic mass is 16.5. The van der Waals surface area contributed by atoms with Gasteiger partial charge in [0.1, 0.15) is 11.6 Å². The number of para-hydroxylation sites is 2. The van der Waals surface area contributed by atoms with Crippen LogP contribution in [0.1, 0.15) is 48.6 Å². The molecule has 0 saturated carbocycles. The molecule has 5 rings (SSSR count). The number of imidazole rings is 1. The largest absolute Gasteiger partial charge is 0.494 e. The van der Waals surface area contributed by atoms with E-state index in [1.54, 1.807) is 0 Å². The van der Waals surface area contributed by atoms with Crippen molar-refractivity contribution in [3.05, 3.63) is 89.7 Å². The van der Waals surface area contributed by atoms with Gasteiger partial charge in [-0.3, -0.25) is 4.79 Å². The van der Waals surface area contributed by atoms with Crippen LogP contribution in [0, 0.1) is 13.8 Å². The molecule has 1 saturated heterocycles. The van der Waals surface area contributed by atoms with Gasteiger partial charge in [0.15, 0.2) is 0 Å². The molecule has 0 N–H and O–H groups in total. The zero-order valence-corrected chi connectivity index (χ0v) is 20.6. The Morgan fingerprint density at radius 3 is 2.54 bits per heavy atom. The van der Waals surface area contributed by atoms with Gasteiger partial charge in [-0.15, -0.1) is 0 Å². The number of unbranched alkanes of at least 4 members (excludes halogenated alkanes) is 2. The highest BCUT2D eigenvalue weighted by molar-refractivity contribution is 5.96. The van der Waals surface area contributed by atoms with Crippen molar-refractivity contribution in [2.75, 3.05) is 18.1 Å². The lowest BCUT2D eigenvalue weighted by atomic mass is 10.1. The van der Waals surface area contributed by atoms with Crippen molar-refractivity contribution >= 4 is 22.6 Å². The SMILES string of the molecule is Cc1cccc(OCCCCCn2c(C3CC(=O)N(c4cccc(C)c4)C3)nc3ccccc32)c1. The number of fused-ring (bicyclic) bond motifs is 1. The molecule has 5 heteroatoms. The zero-order chi connectivity index (χ0) is 24.2. The fourth-order valence-electron chi connectivity index (χ4n) is 5.01. The van der Waals surface area contributed by atoms with E-state index >= 15 is 0 Å². The predicted octanol–water partition coefficient (Wildman–Crippen LogP) is 6.42. The smallest absolute Gasteiger partial charge is 0.227 e. The molecule has 3 aromatic carbocycles. The van der Waals surface area contributed by atoms with E-state index < -0.39 is 0 Å². The molecule has 1 atom stereocenters. The summed E-state index contributed by atoms with van der Waals surface area (Å²) in [5.41, 5.74) is 5.52. The van der Waals surface area contributed by atoms with Crippen molar-refractivity contribution in [3.63, 3.8) is 0 Å². The molecular formula is C30H33N3O2. The second-order valence-electron chi connectivity index (χ2n) is 9.58. The van der Waals surface area contributed by atoms with Crippen LogP contribution < -0.4 is 9.64 Å². The Balaban J connectivity index is 1.25. The Kier molecular flexibility index (Phi) is 6.84. The Morgan fingerprint density at radius 2 is 1.71 bits per heavy atom. The fourth-order valence-corrected chi connectivity index (χ4v) is 5.01. The molecule has 1 unspecified atom stereocenters. The number of carbonyl (C=O) groups is 1. The van der Waals surface area contributed by atoms with Gasteiger partial charge < -0.3 is 14.2 Å². The van der Waals surface area contributed by atoms with Crippen molar-refractivity contribution < 1.29 is 9.53 Å². The molecule has 0 aliphatic carbocycles. The van der Waals surface area contributed by atoms with Gasteiger partial charge in [0, 0.05) is 31.1 Å². The number of amides is 1. The summed E-state index contributed by atoms with van der Waals surface area (Å²) in [6.07, 6.45) is 3.64. The first kappa shape index (κ1) is 23.2. The predicted molar refractivity (Wildman–Crippen MR) is 141 cm³/mol. The quantitative estimate of drug-likeness (QED) is 0.267. The van der Waals surface area contributed by atoms with Crippen LogP contribution in [0.3, 0.4) is 0 Å². The van der Waals surface area contributed by atoms with E-state index in [2.05, 4.69) is 60.9 Å². The van der Waals surface area contributed by atoms with Crippen LogP contribution in [-0.2, 0) is 11.3 Å². The lowest BCUT2D eigenvalue weighted by Crippen LogP contribution is -2.24. The molecule has 5 nitrogen and oxygen atoms in total. The van der Waals surface area contributed by atoms with E-state index in [0.717, 1.165) is 66.3 Å². The standard InChI is InChI=1S/C30H33N3O2/c1-22-10-8-12-25(18-22)33-21-24(20-29(33)34)30-31-27-14-4-5-15-28(27)32(30)16-6-3-7-17-35-26-13-9-11-23(2)19-26/h4-5,8-15,18-19,24H,3,6-7,16-17,20-21H2,1-2H3. The van der Waals surface area contributed by atoms with Crippen molar-refractivity contribution in [1.29, 1.82) is 0 Å². The Hall–Kier alpha value is -3.60. The average molecular weight is 468 g/mol. The minimum Gasteiger partial charge on any atom is -0.494 e. The first-order valence-electron chi connectivity index (χ1n) is 12.6. The average Bonchev–Trinajstić information content (AvgIpc) is 3.42. The number of hydrogen-bond acceptors (Lipinski definition) is 3. The number of carbonyl (C=O) groups excluding carboxylic acids is 1. The third-order valence-electron chi connectivity index (χ3n) is 6.77. The number of nitrogens with zero attached hydrogens (tertiary/aromatic N) is 3. The minimum absolute atomic E-state index is 0.0973. The van der Waals surface area contributed by atoms with E-state index in [0.29, 0.717) is 13.0 Å². The number of benzene rings is 3. The first-order chi connectivity index (χ1) is 17.1. The summed E-state index contributed by atoms with van der Waals surface area (Å²) in [6.45, 7) is 6.44. The molecule has 180 valence electrons. The number of ether oxygens (including phenoxy) is 1. The molecule has 2 heterocycles. The summed E-state index contributed by atoms with van der Waals surface area (Å²) in [4.78, 5) is 19.9. The van der Waals surface area contributed by atoms with E-state index in [-0.39, 0.29) is 11.8 Å². The molecule has 1 fully saturated rings. The summed E-state index contributed by atoms with van der Waals surface area (Å²) < 4.78 is 8.25. The maximum Gasteiger partial charge on any atom is 0.227 e. The van der Waals surface area contributed by atoms with Crippen LogP contribution >= 0.6 is 0 Å². The maximum absolute atomic E-state index is 12.9. The molecular weight excluding hydrogens is 434 g/mol. The van der Waals surface area contributed by atoms with Gasteiger partial charge in [0.25, 0.3) is 0 Å². The Morgan fingerprint density at radius 1 is 0.914 bits per heavy atom. The highest BCUT2D eigenvalue weighted by Gasteiger charge is 2.34. The van der Waals surface area contributed by atoms with Gasteiger partial charge in [0.2, 0.25) is 5.91 Å². The van der Waals surface area contributed by atoms with Crippen LogP contribution in [-0.4, -0.2) is 28.6 Å². The minimum atomic E-state index is 0.0973. The number of aromatic nitrogens is 2. The topological polar surface area (TPSA) is 47.4 Å². The molecule has 4 aromatic rings. The Labute approximate surface area is 207 Å². The molecule has 1 aliphatic rings. The van der Waals surface area contributed by atoms with Crippen LogP contribution in [0.15, 0.2) is 72.8 Å². The lowest BCUT2D eigenvalue weighted by Gasteiger charge is -2.18. The number of hydrogen-bond donors (Lipinski definition) is 0. The van der Waals surface area contributed by atoms with Gasteiger partial charge in [0.05, 0.1) is 17.6 Å². The number of rotatable bonds is 9. The van der Waals surface area contributed by atoms with E-state index in [1.807, 2.05) is 35.2 Å². The molecule has 1 aliphatic heterocycles. The first-order valence-corrected chi connectivity index (χ1v) is 12.6. The summed E-state index contributed by atoms with van der Waals surface area (Å²) in [6, 6.07) is 24.7. The zero-order valence-electron chi connectivity index (χ0n) is 20.6. The fraction of sp³-hybridized carbons (Fsp3) is 0.333. The van der Waals surface area contributed by atoms with Gasteiger partial charge in [-0.05, 0) is 80.6 Å². The van der Waals surface area contributed by atoms with Crippen molar-refractivity contribution in [1.82, 2.24) is 9.55 Å². The summed E-state index contributed by atoms with van der Waals surface area (Å²) in [7, 11) is 0. The summed E-state index contributed by atoms with van der Waals surface area (Å²) in [5.74, 6) is 2.25.